The Morgan fingerprint density at radius 1 is 1.29 bits per heavy atom. The molecule has 5 heteroatoms. The van der Waals surface area contributed by atoms with Crippen molar-refractivity contribution in [1.82, 2.24) is 0 Å². The first kappa shape index (κ1) is 9.64. The van der Waals surface area contributed by atoms with Crippen LogP contribution >= 0.6 is 11.3 Å². The summed E-state index contributed by atoms with van der Waals surface area (Å²) >= 11 is 1.45. The molecule has 2 aromatic rings. The first-order valence-electron chi connectivity index (χ1n) is 4.01. The van der Waals surface area contributed by atoms with E-state index >= 15 is 0 Å². The molecule has 0 aliphatic carbocycles. The third-order valence-electron chi connectivity index (χ3n) is 2.00. The Labute approximate surface area is 86.2 Å². The highest BCUT2D eigenvalue weighted by Gasteiger charge is 2.17. The van der Waals surface area contributed by atoms with Gasteiger partial charge in [0.05, 0.1) is 0 Å². The fourth-order valence-corrected chi connectivity index (χ4v) is 3.88. The van der Waals surface area contributed by atoms with Gasteiger partial charge in [-0.05, 0) is 13.0 Å². The van der Waals surface area contributed by atoms with Crippen LogP contribution in [-0.4, -0.2) is 8.42 Å². The van der Waals surface area contributed by atoms with Crippen LogP contribution in [0.3, 0.4) is 0 Å². The third-order valence-corrected chi connectivity index (χ3v) is 4.31. The van der Waals surface area contributed by atoms with Gasteiger partial charge in [-0.3, -0.25) is 0 Å². The molecule has 2 rings (SSSR count). The normalized spacial score (nSPS) is 12.1. The van der Waals surface area contributed by atoms with E-state index in [1.165, 1.54) is 11.3 Å². The van der Waals surface area contributed by atoms with Crippen molar-refractivity contribution >= 4 is 31.4 Å². The van der Waals surface area contributed by atoms with Gasteiger partial charge in [-0.1, -0.05) is 18.2 Å². The molecule has 1 heterocycles. The molecule has 1 aromatic heterocycles. The van der Waals surface area contributed by atoms with E-state index in [1.54, 1.807) is 13.0 Å². The first-order chi connectivity index (χ1) is 6.50. The number of aryl methyl sites for hydroxylation is 1. The summed E-state index contributed by atoms with van der Waals surface area (Å²) in [5, 5.41) is 5.87. The summed E-state index contributed by atoms with van der Waals surface area (Å²) in [6.45, 7) is 1.77. The van der Waals surface area contributed by atoms with Gasteiger partial charge in [0.25, 0.3) is 0 Å². The Hall–Kier alpha value is -0.910. The predicted octanol–water partition coefficient (Wildman–Crippen LogP) is 1.86. The van der Waals surface area contributed by atoms with E-state index in [1.807, 2.05) is 18.2 Å². The van der Waals surface area contributed by atoms with E-state index in [2.05, 4.69) is 0 Å². The molecule has 0 amide bonds. The van der Waals surface area contributed by atoms with Gasteiger partial charge in [-0.25, -0.2) is 13.6 Å². The van der Waals surface area contributed by atoms with Crippen molar-refractivity contribution in [3.05, 3.63) is 29.1 Å². The minimum atomic E-state index is -3.61. The number of sulfonamides is 1. The first-order valence-corrected chi connectivity index (χ1v) is 6.37. The minimum absolute atomic E-state index is 0.262. The lowest BCUT2D eigenvalue weighted by atomic mass is 10.2. The lowest BCUT2D eigenvalue weighted by Crippen LogP contribution is -2.12. The van der Waals surface area contributed by atoms with Gasteiger partial charge in [0.1, 0.15) is 4.90 Å². The number of rotatable bonds is 1. The molecule has 3 nitrogen and oxygen atoms in total. The molecule has 74 valence electrons. The highest BCUT2D eigenvalue weighted by atomic mass is 32.2. The van der Waals surface area contributed by atoms with E-state index < -0.39 is 10.0 Å². The summed E-state index contributed by atoms with van der Waals surface area (Å²) in [5.74, 6) is 0. The number of benzene rings is 1. The smallest absolute Gasteiger partial charge is 0.225 e. The number of nitrogens with two attached hydrogens (primary N) is 1. The molecule has 0 radical (unpaired) electrons. The number of primary sulfonamides is 1. The maximum Gasteiger partial charge on any atom is 0.239 e. The van der Waals surface area contributed by atoms with Crippen LogP contribution in [-0.2, 0) is 10.0 Å². The average Bonchev–Trinajstić information content (AvgIpc) is 2.38. The second-order valence-corrected chi connectivity index (χ2v) is 5.78. The standard InChI is InChI=1S/C9H9NO2S2/c1-6-9(14(10,11)12)7-4-2-3-5-8(7)13-6/h2-5H,1H3,(H2,10,11,12). The summed E-state index contributed by atoms with van der Waals surface area (Å²) in [6.07, 6.45) is 0. The fraction of sp³-hybridized carbons (Fsp3) is 0.111. The van der Waals surface area contributed by atoms with Crippen LogP contribution in [0.15, 0.2) is 29.2 Å². The highest BCUT2D eigenvalue weighted by Crippen LogP contribution is 2.32. The Morgan fingerprint density at radius 2 is 1.93 bits per heavy atom. The van der Waals surface area contributed by atoms with Crippen molar-refractivity contribution in [3.63, 3.8) is 0 Å². The minimum Gasteiger partial charge on any atom is -0.225 e. The summed E-state index contributed by atoms with van der Waals surface area (Å²) < 4.78 is 23.6. The second-order valence-electron chi connectivity index (χ2n) is 3.03. The maximum atomic E-state index is 11.3. The Balaban J connectivity index is 2.95. The van der Waals surface area contributed by atoms with Crippen molar-refractivity contribution < 1.29 is 8.42 Å². The van der Waals surface area contributed by atoms with Crippen LogP contribution in [0.2, 0.25) is 0 Å². The molecular formula is C9H9NO2S2. The molecule has 0 aliphatic heterocycles. The third kappa shape index (κ3) is 1.43. The molecule has 0 bridgehead atoms. The van der Waals surface area contributed by atoms with Gasteiger partial charge >= 0.3 is 0 Å². The van der Waals surface area contributed by atoms with Gasteiger partial charge < -0.3 is 0 Å². The van der Waals surface area contributed by atoms with Gasteiger partial charge in [0.15, 0.2) is 0 Å². The summed E-state index contributed by atoms with van der Waals surface area (Å²) in [6, 6.07) is 7.36. The van der Waals surface area contributed by atoms with E-state index in [0.29, 0.717) is 0 Å². The summed E-state index contributed by atoms with van der Waals surface area (Å²) in [7, 11) is -3.61. The molecule has 1 aromatic carbocycles. The van der Waals surface area contributed by atoms with Crippen LogP contribution in [0.4, 0.5) is 0 Å². The quantitative estimate of drug-likeness (QED) is 0.808. The maximum absolute atomic E-state index is 11.3. The monoisotopic (exact) mass is 227 g/mol. The van der Waals surface area contributed by atoms with Crippen molar-refractivity contribution in [1.29, 1.82) is 0 Å². The summed E-state index contributed by atoms with van der Waals surface area (Å²) in [4.78, 5) is 1.01. The molecule has 0 fully saturated rings. The van der Waals surface area contributed by atoms with Crippen molar-refractivity contribution in [2.75, 3.05) is 0 Å². The Bertz CT molecular complexity index is 584. The van der Waals surface area contributed by atoms with E-state index in [0.717, 1.165) is 15.0 Å². The van der Waals surface area contributed by atoms with Crippen LogP contribution in [0.1, 0.15) is 4.88 Å². The molecule has 0 atom stereocenters. The summed E-state index contributed by atoms with van der Waals surface area (Å²) in [5.41, 5.74) is 0. The molecule has 0 spiro atoms. The SMILES string of the molecule is Cc1sc2ccccc2c1S(N)(=O)=O. The topological polar surface area (TPSA) is 60.2 Å². The molecule has 0 saturated carbocycles. The van der Waals surface area contributed by atoms with Crippen LogP contribution in [0.5, 0.6) is 0 Å². The predicted molar refractivity (Wildman–Crippen MR) is 57.9 cm³/mol. The zero-order valence-corrected chi connectivity index (χ0v) is 9.15. The van der Waals surface area contributed by atoms with Crippen molar-refractivity contribution in [2.45, 2.75) is 11.8 Å². The van der Waals surface area contributed by atoms with Crippen LogP contribution in [0.25, 0.3) is 10.1 Å². The van der Waals surface area contributed by atoms with E-state index in [9.17, 15) is 8.42 Å². The van der Waals surface area contributed by atoms with Crippen molar-refractivity contribution in [3.8, 4) is 0 Å². The lowest BCUT2D eigenvalue weighted by Gasteiger charge is -1.96. The number of thiophene rings is 1. The molecular weight excluding hydrogens is 218 g/mol. The molecule has 0 saturated heterocycles. The van der Waals surface area contributed by atoms with Crippen LogP contribution in [0, 0.1) is 6.92 Å². The van der Waals surface area contributed by atoms with Crippen LogP contribution < -0.4 is 5.14 Å². The highest BCUT2D eigenvalue weighted by molar-refractivity contribution is 7.89. The van der Waals surface area contributed by atoms with Gasteiger partial charge in [-0.2, -0.15) is 0 Å². The number of fused-ring (bicyclic) bond motifs is 1. The number of hydrogen-bond acceptors (Lipinski definition) is 3. The Morgan fingerprint density at radius 3 is 2.57 bits per heavy atom. The van der Waals surface area contributed by atoms with E-state index in [4.69, 9.17) is 5.14 Å². The fourth-order valence-electron chi connectivity index (χ4n) is 1.50. The van der Waals surface area contributed by atoms with Gasteiger partial charge in [0.2, 0.25) is 10.0 Å². The molecule has 0 aliphatic rings. The largest absolute Gasteiger partial charge is 0.239 e. The second kappa shape index (κ2) is 3.05. The number of hydrogen-bond donors (Lipinski definition) is 1. The average molecular weight is 227 g/mol. The zero-order valence-electron chi connectivity index (χ0n) is 7.52. The molecule has 2 N–H and O–H groups in total. The zero-order chi connectivity index (χ0) is 10.3. The van der Waals surface area contributed by atoms with Crippen molar-refractivity contribution in [2.24, 2.45) is 5.14 Å². The lowest BCUT2D eigenvalue weighted by molar-refractivity contribution is 0.598. The Kier molecular flexibility index (Phi) is 2.10. The molecule has 14 heavy (non-hydrogen) atoms. The van der Waals surface area contributed by atoms with E-state index in [-0.39, 0.29) is 4.90 Å². The molecule has 0 unspecified atom stereocenters. The van der Waals surface area contributed by atoms with Gasteiger partial charge in [0, 0.05) is 15.0 Å². The van der Waals surface area contributed by atoms with Gasteiger partial charge in [-0.15, -0.1) is 11.3 Å².